The van der Waals surface area contributed by atoms with Gasteiger partial charge >= 0.3 is 0 Å². The van der Waals surface area contributed by atoms with Crippen molar-refractivity contribution < 1.29 is 23.1 Å². The first-order chi connectivity index (χ1) is 29.4. The topological polar surface area (TPSA) is 57.2 Å². The molecule has 0 spiro atoms. The molecule has 3 aromatic carbocycles. The molecule has 0 heterocycles. The van der Waals surface area contributed by atoms with Gasteiger partial charge in [0.2, 0.25) is 0 Å². The summed E-state index contributed by atoms with van der Waals surface area (Å²) in [5.74, 6) is 0.0165. The van der Waals surface area contributed by atoms with Gasteiger partial charge in [-0.3, -0.25) is 0 Å². The van der Waals surface area contributed by atoms with Gasteiger partial charge in [0.25, 0.3) is 0 Å². The standard InChI is InChI=1S/C56H92O5Si3/c1-21-31-42(2)50(60-63(17,18)54(9,10)11)41-49(59-62(15,16)53(6,7)8)39-38-43(3)51(57)44(4)40-45(5)52(61-64(19,20)55(12,13)14)58-56(46-32-25-22-26-33-46,47-34-27-23-28-35-47)48-36-29-24-30-37-48/h21-39,42-45,49-52,57H,40-41H2,1-20H3/t42-,43-,44+,45+,49+,50-,51-,52?/m0/s1. The molecule has 8 atom stereocenters. The Morgan fingerprint density at radius 1 is 0.500 bits per heavy atom. The first-order valence-corrected chi connectivity index (χ1v) is 33.0. The molecule has 64 heavy (non-hydrogen) atoms. The van der Waals surface area contributed by atoms with Crippen LogP contribution in [-0.2, 0) is 23.6 Å². The van der Waals surface area contributed by atoms with E-state index in [0.717, 1.165) is 23.1 Å². The summed E-state index contributed by atoms with van der Waals surface area (Å²) < 4.78 is 29.5. The minimum absolute atomic E-state index is 0.00382. The summed E-state index contributed by atoms with van der Waals surface area (Å²) in [5.41, 5.74) is 2.18. The van der Waals surface area contributed by atoms with Crippen molar-refractivity contribution in [2.24, 2.45) is 23.7 Å². The fraction of sp³-hybridized carbons (Fsp3) is 0.607. The molecular weight excluding hydrogens is 837 g/mol. The van der Waals surface area contributed by atoms with Gasteiger partial charge in [0.15, 0.2) is 31.2 Å². The summed E-state index contributed by atoms with van der Waals surface area (Å²) in [6.45, 7) is 45.6. The Labute approximate surface area is 396 Å². The highest BCUT2D eigenvalue weighted by Gasteiger charge is 2.47. The first kappa shape index (κ1) is 55.9. The second-order valence-corrected chi connectivity index (χ2v) is 37.8. The Morgan fingerprint density at radius 2 is 0.891 bits per heavy atom. The summed E-state index contributed by atoms with van der Waals surface area (Å²) in [4.78, 5) is 0. The Hall–Kier alpha value is -2.41. The SMILES string of the molecule is CC=C[C@H](C)[C@H](C[C@@H](C=C[C@H](C)[C@H](O)[C@H](C)C[C@@H](C)C(OC(c1ccccc1)(c1ccccc1)c1ccccc1)O[Si](C)(C)C(C)(C)C)O[Si](C)(C)C(C)(C)C)O[Si](C)(C)C(C)(C)C. The Balaban J connectivity index is 2.05. The maximum atomic E-state index is 12.2. The van der Waals surface area contributed by atoms with Gasteiger partial charge in [-0.05, 0) is 96.3 Å². The lowest BCUT2D eigenvalue weighted by Gasteiger charge is -2.45. The monoisotopic (exact) mass is 929 g/mol. The van der Waals surface area contributed by atoms with Crippen LogP contribution in [0.1, 0.15) is 126 Å². The second-order valence-electron chi connectivity index (χ2n) is 23.5. The second kappa shape index (κ2) is 22.6. The molecule has 0 radical (unpaired) electrons. The van der Waals surface area contributed by atoms with Crippen molar-refractivity contribution in [3.05, 3.63) is 132 Å². The molecule has 0 aliphatic heterocycles. The van der Waals surface area contributed by atoms with Gasteiger partial charge in [0, 0.05) is 18.3 Å². The summed E-state index contributed by atoms with van der Waals surface area (Å²) in [6, 6.07) is 31.7. The van der Waals surface area contributed by atoms with Crippen LogP contribution >= 0.6 is 0 Å². The van der Waals surface area contributed by atoms with Crippen molar-refractivity contribution in [1.29, 1.82) is 0 Å². The normalized spacial score (nSPS) is 17.8. The molecule has 3 aromatic rings. The van der Waals surface area contributed by atoms with Crippen molar-refractivity contribution in [3.63, 3.8) is 0 Å². The van der Waals surface area contributed by atoms with E-state index < -0.39 is 42.9 Å². The zero-order chi connectivity index (χ0) is 48.5. The molecule has 8 heteroatoms. The zero-order valence-corrected chi connectivity index (χ0v) is 47.1. The lowest BCUT2D eigenvalue weighted by molar-refractivity contribution is -0.178. The smallest absolute Gasteiger partial charge is 0.195 e. The summed E-state index contributed by atoms with van der Waals surface area (Å²) >= 11 is 0. The molecule has 1 unspecified atom stereocenters. The van der Waals surface area contributed by atoms with Crippen LogP contribution in [0.2, 0.25) is 54.4 Å². The van der Waals surface area contributed by atoms with E-state index >= 15 is 0 Å². The van der Waals surface area contributed by atoms with Crippen LogP contribution in [0, 0.1) is 23.7 Å². The quantitative estimate of drug-likeness (QED) is 0.0471. The van der Waals surface area contributed by atoms with Crippen molar-refractivity contribution >= 4 is 25.0 Å². The molecule has 0 amide bonds. The molecule has 0 aliphatic carbocycles. The number of aliphatic hydroxyl groups is 1. The molecule has 3 rings (SSSR count). The molecule has 0 saturated carbocycles. The van der Waals surface area contributed by atoms with Gasteiger partial charge < -0.3 is 23.1 Å². The average molecular weight is 930 g/mol. The van der Waals surface area contributed by atoms with E-state index in [2.05, 4.69) is 252 Å². The average Bonchev–Trinajstić information content (AvgIpc) is 3.20. The van der Waals surface area contributed by atoms with E-state index in [-0.39, 0.29) is 51.0 Å². The minimum atomic E-state index is -2.37. The van der Waals surface area contributed by atoms with Crippen LogP contribution < -0.4 is 0 Å². The lowest BCUT2D eigenvalue weighted by Crippen LogP contribution is -2.49. The van der Waals surface area contributed by atoms with E-state index in [4.69, 9.17) is 18.0 Å². The maximum absolute atomic E-state index is 12.2. The largest absolute Gasteiger partial charge is 0.413 e. The predicted molar refractivity (Wildman–Crippen MR) is 282 cm³/mol. The molecular formula is C56H92O5Si3. The van der Waals surface area contributed by atoms with E-state index in [1.54, 1.807) is 0 Å². The Bertz CT molecular complexity index is 1780. The predicted octanol–water partition coefficient (Wildman–Crippen LogP) is 15.9. The third kappa shape index (κ3) is 14.5. The number of rotatable bonds is 22. The van der Waals surface area contributed by atoms with Crippen LogP contribution in [0.15, 0.2) is 115 Å². The Morgan fingerprint density at radius 3 is 1.28 bits per heavy atom. The van der Waals surface area contributed by atoms with Crippen LogP contribution in [0.4, 0.5) is 0 Å². The summed E-state index contributed by atoms with van der Waals surface area (Å²) in [5, 5.41) is 12.3. The minimum Gasteiger partial charge on any atom is -0.413 e. The molecule has 0 saturated heterocycles. The first-order valence-electron chi connectivity index (χ1n) is 24.3. The molecule has 0 fully saturated rings. The van der Waals surface area contributed by atoms with Gasteiger partial charge in [-0.25, -0.2) is 0 Å². The number of ether oxygens (including phenoxy) is 1. The van der Waals surface area contributed by atoms with Crippen molar-refractivity contribution in [3.8, 4) is 0 Å². The molecule has 5 nitrogen and oxygen atoms in total. The van der Waals surface area contributed by atoms with E-state index in [9.17, 15) is 5.11 Å². The Kier molecular flexibility index (Phi) is 19.7. The number of aliphatic hydroxyl groups excluding tert-OH is 1. The number of hydrogen-bond donors (Lipinski definition) is 1. The van der Waals surface area contributed by atoms with Crippen molar-refractivity contribution in [2.75, 3.05) is 0 Å². The summed E-state index contributed by atoms with van der Waals surface area (Å²) in [7, 11) is -6.62. The van der Waals surface area contributed by atoms with Gasteiger partial charge in [0.1, 0.15) is 5.60 Å². The highest BCUT2D eigenvalue weighted by atomic mass is 28.4. The van der Waals surface area contributed by atoms with Crippen LogP contribution in [0.5, 0.6) is 0 Å². The van der Waals surface area contributed by atoms with Gasteiger partial charge in [-0.2, -0.15) is 0 Å². The molecule has 0 bridgehead atoms. The zero-order valence-electron chi connectivity index (χ0n) is 44.1. The molecule has 0 aromatic heterocycles. The van der Waals surface area contributed by atoms with Gasteiger partial charge in [-0.15, -0.1) is 0 Å². The fourth-order valence-corrected chi connectivity index (χ4v) is 11.6. The van der Waals surface area contributed by atoms with Crippen LogP contribution in [0.3, 0.4) is 0 Å². The third-order valence-corrected chi connectivity index (χ3v) is 28.5. The molecule has 358 valence electrons. The number of benzene rings is 3. The molecule has 0 aliphatic rings. The van der Waals surface area contributed by atoms with E-state index in [1.807, 2.05) is 0 Å². The number of allylic oxidation sites excluding steroid dienone is 1. The van der Waals surface area contributed by atoms with Gasteiger partial charge in [0.05, 0.1) is 18.3 Å². The lowest BCUT2D eigenvalue weighted by atomic mass is 9.79. The van der Waals surface area contributed by atoms with E-state index in [1.165, 1.54) is 0 Å². The summed E-state index contributed by atoms with van der Waals surface area (Å²) in [6.07, 6.45) is 9.03. The van der Waals surface area contributed by atoms with E-state index in [0.29, 0.717) is 6.42 Å². The highest BCUT2D eigenvalue weighted by molar-refractivity contribution is 6.75. The van der Waals surface area contributed by atoms with Crippen LogP contribution in [-0.4, -0.2) is 54.7 Å². The third-order valence-electron chi connectivity index (χ3n) is 15.1. The van der Waals surface area contributed by atoms with Crippen molar-refractivity contribution in [2.45, 2.75) is 194 Å². The van der Waals surface area contributed by atoms with Crippen LogP contribution in [0.25, 0.3) is 0 Å². The number of hydrogen-bond acceptors (Lipinski definition) is 5. The van der Waals surface area contributed by atoms with Crippen molar-refractivity contribution in [1.82, 2.24) is 0 Å². The maximum Gasteiger partial charge on any atom is 0.195 e. The highest BCUT2D eigenvalue weighted by Crippen LogP contribution is 2.46. The molecule has 1 N–H and O–H groups in total. The fourth-order valence-electron chi connectivity index (χ4n) is 7.69. The van der Waals surface area contributed by atoms with Gasteiger partial charge in [-0.1, -0.05) is 205 Å².